The van der Waals surface area contributed by atoms with Crippen molar-refractivity contribution in [2.45, 2.75) is 6.42 Å². The predicted octanol–water partition coefficient (Wildman–Crippen LogP) is 1.02. The molecule has 15 heavy (non-hydrogen) atoms. The number of carbonyl (C=O) groups is 1. The first-order valence-corrected chi connectivity index (χ1v) is 4.86. The van der Waals surface area contributed by atoms with E-state index in [1.165, 1.54) is 0 Å². The third kappa shape index (κ3) is 5.15. The molecule has 0 radical (unpaired) electrons. The highest BCUT2D eigenvalue weighted by molar-refractivity contribution is 5.91. The van der Waals surface area contributed by atoms with Crippen LogP contribution in [-0.4, -0.2) is 30.8 Å². The first-order chi connectivity index (χ1) is 7.33. The molecule has 1 aromatic rings. The Balaban J connectivity index is 2.19. The molecule has 4 nitrogen and oxygen atoms in total. The summed E-state index contributed by atoms with van der Waals surface area (Å²) in [6.45, 7) is 0.508. The summed E-state index contributed by atoms with van der Waals surface area (Å²) in [6, 6.07) is 9.20. The van der Waals surface area contributed by atoms with Gasteiger partial charge in [-0.05, 0) is 18.6 Å². The molecule has 0 aromatic heterocycles. The van der Waals surface area contributed by atoms with E-state index in [9.17, 15) is 4.79 Å². The maximum absolute atomic E-state index is 11.3. The zero-order valence-corrected chi connectivity index (χ0v) is 8.48. The highest BCUT2D eigenvalue weighted by Gasteiger charge is 2.00. The first-order valence-electron chi connectivity index (χ1n) is 4.86. The molecule has 4 heteroatoms. The van der Waals surface area contributed by atoms with E-state index in [2.05, 4.69) is 5.32 Å². The van der Waals surface area contributed by atoms with Crippen LogP contribution in [0.4, 0.5) is 5.69 Å². The fourth-order valence-corrected chi connectivity index (χ4v) is 1.05. The first kappa shape index (κ1) is 11.7. The fraction of sp³-hybridized carbons (Fsp3) is 0.364. The average Bonchev–Trinajstić information content (AvgIpc) is 2.26. The van der Waals surface area contributed by atoms with Crippen LogP contribution >= 0.6 is 0 Å². The molecule has 0 bridgehead atoms. The number of anilines is 1. The van der Waals surface area contributed by atoms with Gasteiger partial charge >= 0.3 is 0 Å². The summed E-state index contributed by atoms with van der Waals surface area (Å²) < 4.78 is 5.04. The Bertz CT molecular complexity index is 287. The number of ether oxygens (including phenoxy) is 1. The SMILES string of the molecule is O=C(COCCCO)Nc1ccccc1. The Morgan fingerprint density at radius 2 is 2.07 bits per heavy atom. The fourth-order valence-electron chi connectivity index (χ4n) is 1.05. The summed E-state index contributed by atoms with van der Waals surface area (Å²) in [5.41, 5.74) is 0.758. The standard InChI is InChI=1S/C11H15NO3/c13-7-4-8-15-9-11(14)12-10-5-2-1-3-6-10/h1-3,5-6,13H,4,7-9H2,(H,12,14). The van der Waals surface area contributed by atoms with Gasteiger partial charge < -0.3 is 15.2 Å². The third-order valence-corrected chi connectivity index (χ3v) is 1.74. The van der Waals surface area contributed by atoms with Crippen molar-refractivity contribution in [3.05, 3.63) is 30.3 Å². The summed E-state index contributed by atoms with van der Waals surface area (Å²) in [5, 5.41) is 11.2. The van der Waals surface area contributed by atoms with Gasteiger partial charge in [0.2, 0.25) is 5.91 Å². The number of rotatable bonds is 6. The number of aliphatic hydroxyl groups is 1. The van der Waals surface area contributed by atoms with E-state index in [4.69, 9.17) is 9.84 Å². The van der Waals surface area contributed by atoms with E-state index in [0.717, 1.165) is 5.69 Å². The molecule has 2 N–H and O–H groups in total. The highest BCUT2D eigenvalue weighted by Crippen LogP contribution is 2.04. The number of hydrogen-bond acceptors (Lipinski definition) is 3. The maximum atomic E-state index is 11.3. The molecule has 1 aromatic carbocycles. The molecule has 1 amide bonds. The normalized spacial score (nSPS) is 9.93. The van der Waals surface area contributed by atoms with Crippen molar-refractivity contribution in [3.63, 3.8) is 0 Å². The zero-order valence-electron chi connectivity index (χ0n) is 8.48. The van der Waals surface area contributed by atoms with Crippen LogP contribution in [0.15, 0.2) is 30.3 Å². The van der Waals surface area contributed by atoms with Crippen molar-refractivity contribution in [1.29, 1.82) is 0 Å². The van der Waals surface area contributed by atoms with Crippen LogP contribution in [0.5, 0.6) is 0 Å². The van der Waals surface area contributed by atoms with Crippen molar-refractivity contribution in [1.82, 2.24) is 0 Å². The van der Waals surface area contributed by atoms with Gasteiger partial charge in [-0.3, -0.25) is 4.79 Å². The second kappa shape index (κ2) is 6.98. The molecule has 0 saturated heterocycles. The Morgan fingerprint density at radius 3 is 2.73 bits per heavy atom. The molecule has 82 valence electrons. The number of carbonyl (C=O) groups excluding carboxylic acids is 1. The second-order valence-electron chi connectivity index (χ2n) is 3.04. The molecule has 0 spiro atoms. The van der Waals surface area contributed by atoms with Gasteiger partial charge in [0.15, 0.2) is 0 Å². The van der Waals surface area contributed by atoms with Crippen molar-refractivity contribution in [3.8, 4) is 0 Å². The zero-order chi connectivity index (χ0) is 10.9. The summed E-state index contributed by atoms with van der Waals surface area (Å²) in [5.74, 6) is -0.181. The summed E-state index contributed by atoms with van der Waals surface area (Å²) in [4.78, 5) is 11.3. The van der Waals surface area contributed by atoms with E-state index in [1.807, 2.05) is 30.3 Å². The monoisotopic (exact) mass is 209 g/mol. The van der Waals surface area contributed by atoms with E-state index < -0.39 is 0 Å². The quantitative estimate of drug-likeness (QED) is 0.688. The average molecular weight is 209 g/mol. The van der Waals surface area contributed by atoms with Gasteiger partial charge in [-0.2, -0.15) is 0 Å². The third-order valence-electron chi connectivity index (χ3n) is 1.74. The van der Waals surface area contributed by atoms with Crippen molar-refractivity contribution < 1.29 is 14.6 Å². The Kier molecular flexibility index (Phi) is 5.43. The highest BCUT2D eigenvalue weighted by atomic mass is 16.5. The van der Waals surface area contributed by atoms with Crippen LogP contribution in [0.1, 0.15) is 6.42 Å². The van der Waals surface area contributed by atoms with E-state index in [0.29, 0.717) is 13.0 Å². The van der Waals surface area contributed by atoms with E-state index in [1.54, 1.807) is 0 Å². The van der Waals surface area contributed by atoms with Gasteiger partial charge in [-0.1, -0.05) is 18.2 Å². The smallest absolute Gasteiger partial charge is 0.250 e. The van der Waals surface area contributed by atoms with E-state index >= 15 is 0 Å². The van der Waals surface area contributed by atoms with Crippen LogP contribution in [0, 0.1) is 0 Å². The molecule has 1 rings (SSSR count). The summed E-state index contributed by atoms with van der Waals surface area (Å²) in [7, 11) is 0. The van der Waals surface area contributed by atoms with Gasteiger partial charge in [-0.15, -0.1) is 0 Å². The largest absolute Gasteiger partial charge is 0.396 e. The number of hydrogen-bond donors (Lipinski definition) is 2. The Morgan fingerprint density at radius 1 is 1.33 bits per heavy atom. The Hall–Kier alpha value is -1.39. The molecular formula is C11H15NO3. The molecule has 0 aliphatic carbocycles. The molecule has 0 aliphatic heterocycles. The number of para-hydroxylation sites is 1. The minimum absolute atomic E-state index is 0.0227. The van der Waals surface area contributed by atoms with Gasteiger partial charge in [0.1, 0.15) is 6.61 Å². The Labute approximate surface area is 88.9 Å². The molecule has 0 unspecified atom stereocenters. The predicted molar refractivity (Wildman–Crippen MR) is 57.6 cm³/mol. The maximum Gasteiger partial charge on any atom is 0.250 e. The number of benzene rings is 1. The lowest BCUT2D eigenvalue weighted by Gasteiger charge is -2.05. The van der Waals surface area contributed by atoms with E-state index in [-0.39, 0.29) is 19.1 Å². The van der Waals surface area contributed by atoms with Crippen LogP contribution < -0.4 is 5.32 Å². The molecule has 0 fully saturated rings. The number of amides is 1. The van der Waals surface area contributed by atoms with Crippen LogP contribution in [0.2, 0.25) is 0 Å². The molecule has 0 saturated carbocycles. The number of nitrogens with one attached hydrogen (secondary N) is 1. The van der Waals surface area contributed by atoms with Crippen molar-refractivity contribution >= 4 is 11.6 Å². The van der Waals surface area contributed by atoms with Gasteiger partial charge in [-0.25, -0.2) is 0 Å². The lowest BCUT2D eigenvalue weighted by atomic mass is 10.3. The van der Waals surface area contributed by atoms with Gasteiger partial charge in [0.25, 0.3) is 0 Å². The van der Waals surface area contributed by atoms with Crippen LogP contribution in [-0.2, 0) is 9.53 Å². The molecular weight excluding hydrogens is 194 g/mol. The van der Waals surface area contributed by atoms with Crippen LogP contribution in [0.25, 0.3) is 0 Å². The molecule has 0 heterocycles. The van der Waals surface area contributed by atoms with Crippen molar-refractivity contribution in [2.24, 2.45) is 0 Å². The lowest BCUT2D eigenvalue weighted by Crippen LogP contribution is -2.18. The molecule has 0 aliphatic rings. The summed E-state index contributed by atoms with van der Waals surface area (Å²) in [6.07, 6.45) is 0.554. The topological polar surface area (TPSA) is 58.6 Å². The summed E-state index contributed by atoms with van der Waals surface area (Å²) >= 11 is 0. The number of aliphatic hydroxyl groups excluding tert-OH is 1. The van der Waals surface area contributed by atoms with Gasteiger partial charge in [0, 0.05) is 18.9 Å². The minimum atomic E-state index is -0.181. The molecule has 0 atom stereocenters. The second-order valence-corrected chi connectivity index (χ2v) is 3.04. The minimum Gasteiger partial charge on any atom is -0.396 e. The van der Waals surface area contributed by atoms with Gasteiger partial charge in [0.05, 0.1) is 0 Å². The van der Waals surface area contributed by atoms with Crippen molar-refractivity contribution in [2.75, 3.05) is 25.1 Å². The lowest BCUT2D eigenvalue weighted by molar-refractivity contribution is -0.120. The van der Waals surface area contributed by atoms with Crippen LogP contribution in [0.3, 0.4) is 0 Å².